The van der Waals surface area contributed by atoms with E-state index in [9.17, 15) is 9.59 Å². The van der Waals surface area contributed by atoms with Crippen LogP contribution in [-0.2, 0) is 4.74 Å². The van der Waals surface area contributed by atoms with Crippen molar-refractivity contribution in [2.75, 3.05) is 19.7 Å². The van der Waals surface area contributed by atoms with Crippen LogP contribution in [0.4, 0.5) is 0 Å². The molecule has 2 aromatic rings. The molecule has 3 heterocycles. The first-order valence-electron chi connectivity index (χ1n) is 8.58. The number of nitrogens with zero attached hydrogens (tertiary/aromatic N) is 1. The Labute approximate surface area is 144 Å². The van der Waals surface area contributed by atoms with Gasteiger partial charge in [-0.3, -0.25) is 4.79 Å². The molecule has 0 saturated carbocycles. The third kappa shape index (κ3) is 3.10. The number of ether oxygens (including phenoxy) is 1. The molecular weight excluding hydrogens is 326 g/mol. The Hall–Kier alpha value is -1.73. The zero-order chi connectivity index (χ0) is 17.3. The van der Waals surface area contributed by atoms with Crippen molar-refractivity contribution >= 4 is 27.5 Å². The van der Waals surface area contributed by atoms with E-state index >= 15 is 0 Å². The monoisotopic (exact) mass is 350 g/mol. The lowest BCUT2D eigenvalue weighted by Gasteiger charge is -2.28. The minimum atomic E-state index is -0.381. The van der Waals surface area contributed by atoms with Crippen molar-refractivity contribution in [2.24, 2.45) is 0 Å². The highest BCUT2D eigenvalue weighted by Crippen LogP contribution is 2.28. The molecule has 24 heavy (non-hydrogen) atoms. The van der Waals surface area contributed by atoms with Gasteiger partial charge >= 0.3 is 5.97 Å². The summed E-state index contributed by atoms with van der Waals surface area (Å²) in [4.78, 5) is 34.8. The van der Waals surface area contributed by atoms with Crippen LogP contribution in [0.2, 0.25) is 0 Å². The van der Waals surface area contributed by atoms with Crippen LogP contribution in [0.3, 0.4) is 0 Å². The number of hydrogen-bond acceptors (Lipinski definition) is 5. The van der Waals surface area contributed by atoms with Gasteiger partial charge in [0.2, 0.25) is 0 Å². The van der Waals surface area contributed by atoms with Gasteiger partial charge in [0.25, 0.3) is 5.56 Å². The maximum atomic E-state index is 12.6. The van der Waals surface area contributed by atoms with Gasteiger partial charge in [-0.05, 0) is 45.6 Å². The van der Waals surface area contributed by atoms with Crippen molar-refractivity contribution in [3.63, 3.8) is 0 Å². The average Bonchev–Trinajstić information content (AvgIpc) is 2.92. The minimum Gasteiger partial charge on any atom is -0.462 e. The molecule has 3 rings (SSSR count). The maximum Gasteiger partial charge on any atom is 0.348 e. The molecule has 0 amide bonds. The number of aromatic amines is 1. The fraction of sp³-hybridized carbons (Fsp3) is 0.588. The lowest BCUT2D eigenvalue weighted by molar-refractivity contribution is -0.934. The molecular formula is C17H24N3O3S+. The number of carbonyl (C=O) groups is 1. The lowest BCUT2D eigenvalue weighted by atomic mass is 10.1. The summed E-state index contributed by atoms with van der Waals surface area (Å²) in [5.41, 5.74) is 0.495. The standard InChI is InChI=1S/C17H23N3O3S/c1-4-23-17(22)13-10(2)12-15(21)18-14(19-16(12)24-13)11(3)20-8-6-5-7-9-20/h11H,4-9H2,1-3H3,(H,18,19,21)/p+1/t11-/m1/s1. The summed E-state index contributed by atoms with van der Waals surface area (Å²) in [6.45, 7) is 8.20. The molecule has 2 N–H and O–H groups in total. The van der Waals surface area contributed by atoms with Gasteiger partial charge in [-0.15, -0.1) is 11.3 Å². The number of quaternary nitrogens is 1. The molecule has 1 atom stereocenters. The topological polar surface area (TPSA) is 76.5 Å². The number of carbonyl (C=O) groups excluding carboxylic acids is 1. The van der Waals surface area contributed by atoms with Crippen LogP contribution in [0, 0.1) is 6.92 Å². The molecule has 6 nitrogen and oxygen atoms in total. The smallest absolute Gasteiger partial charge is 0.348 e. The first-order valence-corrected chi connectivity index (χ1v) is 9.39. The third-order valence-electron chi connectivity index (χ3n) is 4.80. The van der Waals surface area contributed by atoms with Gasteiger partial charge in [-0.1, -0.05) is 0 Å². The summed E-state index contributed by atoms with van der Waals surface area (Å²) in [7, 11) is 0. The summed E-state index contributed by atoms with van der Waals surface area (Å²) < 4.78 is 5.08. The van der Waals surface area contributed by atoms with Gasteiger partial charge in [0.05, 0.1) is 25.1 Å². The number of hydrogen-bond donors (Lipinski definition) is 2. The van der Waals surface area contributed by atoms with Crippen molar-refractivity contribution in [3.05, 3.63) is 26.6 Å². The van der Waals surface area contributed by atoms with E-state index in [2.05, 4.69) is 16.9 Å². The second-order valence-corrected chi connectivity index (χ2v) is 7.35. The van der Waals surface area contributed by atoms with E-state index in [0.717, 1.165) is 13.1 Å². The molecule has 1 aliphatic rings. The van der Waals surface area contributed by atoms with Gasteiger partial charge < -0.3 is 14.6 Å². The quantitative estimate of drug-likeness (QED) is 0.821. The fourth-order valence-corrected chi connectivity index (χ4v) is 4.47. The Bertz CT molecular complexity index is 805. The molecule has 1 fully saturated rings. The van der Waals surface area contributed by atoms with Gasteiger partial charge in [0.1, 0.15) is 15.7 Å². The number of aryl methyl sites for hydroxylation is 1. The molecule has 0 unspecified atom stereocenters. The van der Waals surface area contributed by atoms with Crippen LogP contribution >= 0.6 is 11.3 Å². The van der Waals surface area contributed by atoms with E-state index in [1.54, 1.807) is 13.8 Å². The van der Waals surface area contributed by atoms with Crippen molar-refractivity contribution in [2.45, 2.75) is 46.1 Å². The fourth-order valence-electron chi connectivity index (χ4n) is 3.39. The zero-order valence-corrected chi connectivity index (χ0v) is 15.2. The van der Waals surface area contributed by atoms with Crippen molar-refractivity contribution < 1.29 is 14.4 Å². The maximum absolute atomic E-state index is 12.6. The Kier molecular flexibility index (Phi) is 5.01. The van der Waals surface area contributed by atoms with Crippen LogP contribution in [0.5, 0.6) is 0 Å². The summed E-state index contributed by atoms with van der Waals surface area (Å²) in [5, 5.41) is 0.507. The van der Waals surface area contributed by atoms with Crippen molar-refractivity contribution in [3.8, 4) is 0 Å². The van der Waals surface area contributed by atoms with Crippen LogP contribution in [0.1, 0.15) is 60.2 Å². The molecule has 0 radical (unpaired) electrons. The normalized spacial score (nSPS) is 17.1. The number of likely N-dealkylation sites (tertiary alicyclic amines) is 1. The molecule has 7 heteroatoms. The largest absolute Gasteiger partial charge is 0.462 e. The molecule has 2 aromatic heterocycles. The SMILES string of the molecule is CCOC(=O)c1sc2nc([C@@H](C)[NH+]3CCCCC3)[nH]c(=O)c2c1C. The summed E-state index contributed by atoms with van der Waals surface area (Å²) >= 11 is 1.25. The van der Waals surface area contributed by atoms with E-state index < -0.39 is 0 Å². The first kappa shape index (κ1) is 17.1. The van der Waals surface area contributed by atoms with Crippen LogP contribution in [-0.4, -0.2) is 35.6 Å². The van der Waals surface area contributed by atoms with E-state index in [0.29, 0.717) is 33.1 Å². The van der Waals surface area contributed by atoms with Crippen LogP contribution in [0.25, 0.3) is 10.2 Å². The molecule has 0 bridgehead atoms. The first-order chi connectivity index (χ1) is 11.5. The highest BCUT2D eigenvalue weighted by atomic mass is 32.1. The average molecular weight is 350 g/mol. The summed E-state index contributed by atoms with van der Waals surface area (Å²) in [5.74, 6) is 0.328. The predicted molar refractivity (Wildman–Crippen MR) is 93.9 cm³/mol. The number of piperidine rings is 1. The number of rotatable bonds is 4. The number of aromatic nitrogens is 2. The predicted octanol–water partition coefficient (Wildman–Crippen LogP) is 1.60. The second-order valence-electron chi connectivity index (χ2n) is 6.35. The minimum absolute atomic E-state index is 0.149. The highest BCUT2D eigenvalue weighted by molar-refractivity contribution is 7.20. The number of fused-ring (bicyclic) bond motifs is 1. The molecule has 1 saturated heterocycles. The zero-order valence-electron chi connectivity index (χ0n) is 14.4. The van der Waals surface area contributed by atoms with Gasteiger partial charge in [0.15, 0.2) is 5.82 Å². The van der Waals surface area contributed by atoms with E-state index in [-0.39, 0.29) is 17.6 Å². The number of esters is 1. The Morgan fingerprint density at radius 1 is 1.38 bits per heavy atom. The van der Waals surface area contributed by atoms with E-state index in [1.165, 1.54) is 35.5 Å². The van der Waals surface area contributed by atoms with Crippen LogP contribution < -0.4 is 10.5 Å². The Morgan fingerprint density at radius 2 is 2.08 bits per heavy atom. The van der Waals surface area contributed by atoms with Gasteiger partial charge in [-0.2, -0.15) is 0 Å². The van der Waals surface area contributed by atoms with Gasteiger partial charge in [-0.25, -0.2) is 9.78 Å². The lowest BCUT2D eigenvalue weighted by Crippen LogP contribution is -3.12. The molecule has 1 aliphatic heterocycles. The van der Waals surface area contributed by atoms with Crippen LogP contribution in [0.15, 0.2) is 4.79 Å². The van der Waals surface area contributed by atoms with Crippen molar-refractivity contribution in [1.82, 2.24) is 9.97 Å². The summed E-state index contributed by atoms with van der Waals surface area (Å²) in [6.07, 6.45) is 3.72. The number of H-pyrrole nitrogens is 1. The van der Waals surface area contributed by atoms with Gasteiger partial charge in [0, 0.05) is 0 Å². The Morgan fingerprint density at radius 3 is 2.75 bits per heavy atom. The second kappa shape index (κ2) is 7.03. The highest BCUT2D eigenvalue weighted by Gasteiger charge is 2.26. The molecule has 0 spiro atoms. The van der Waals surface area contributed by atoms with E-state index in [1.807, 2.05) is 0 Å². The molecule has 0 aliphatic carbocycles. The molecule has 130 valence electrons. The van der Waals surface area contributed by atoms with E-state index in [4.69, 9.17) is 4.74 Å². The molecule has 0 aromatic carbocycles. The Balaban J connectivity index is 2.00. The third-order valence-corrected chi connectivity index (χ3v) is 5.96. The summed E-state index contributed by atoms with van der Waals surface area (Å²) in [6, 6.07) is 0.149. The number of thiophene rings is 1. The van der Waals surface area contributed by atoms with Crippen molar-refractivity contribution in [1.29, 1.82) is 0 Å². The number of nitrogens with one attached hydrogen (secondary N) is 2.